The summed E-state index contributed by atoms with van der Waals surface area (Å²) in [5.41, 5.74) is 7.35. The molecular weight excluding hydrogens is 200 g/mol. The van der Waals surface area contributed by atoms with Crippen LogP contribution in [0.1, 0.15) is 25.3 Å². The van der Waals surface area contributed by atoms with Gasteiger partial charge in [-0.2, -0.15) is 0 Å². The molecule has 3 N–H and O–H groups in total. The first-order valence-corrected chi connectivity index (χ1v) is 5.93. The van der Waals surface area contributed by atoms with Gasteiger partial charge in [0.05, 0.1) is 6.61 Å². The van der Waals surface area contributed by atoms with E-state index in [0.29, 0.717) is 6.61 Å². The first-order valence-electron chi connectivity index (χ1n) is 5.93. The van der Waals surface area contributed by atoms with E-state index >= 15 is 0 Å². The average molecular weight is 220 g/mol. The number of rotatable bonds is 6. The number of ether oxygens (including phenoxy) is 1. The highest BCUT2D eigenvalue weighted by molar-refractivity contribution is 5.27. The monoisotopic (exact) mass is 220 g/mol. The van der Waals surface area contributed by atoms with E-state index in [1.807, 2.05) is 19.1 Å². The maximum atomic E-state index is 5.99. The SMILES string of the molecule is CCOc1ccc(CNCC2(N)CC2)cc1. The Kier molecular flexibility index (Phi) is 3.46. The zero-order valence-electron chi connectivity index (χ0n) is 9.83. The number of nitrogens with two attached hydrogens (primary N) is 1. The van der Waals surface area contributed by atoms with Crippen LogP contribution in [0.25, 0.3) is 0 Å². The molecule has 3 nitrogen and oxygen atoms in total. The molecule has 0 atom stereocenters. The van der Waals surface area contributed by atoms with Gasteiger partial charge in [-0.15, -0.1) is 0 Å². The molecule has 3 heteroatoms. The second kappa shape index (κ2) is 4.85. The van der Waals surface area contributed by atoms with Gasteiger partial charge in [0, 0.05) is 18.6 Å². The summed E-state index contributed by atoms with van der Waals surface area (Å²) < 4.78 is 5.39. The third kappa shape index (κ3) is 3.22. The fourth-order valence-corrected chi connectivity index (χ4v) is 1.66. The Balaban J connectivity index is 1.76. The van der Waals surface area contributed by atoms with Gasteiger partial charge in [0.15, 0.2) is 0 Å². The van der Waals surface area contributed by atoms with Crippen LogP contribution in [-0.2, 0) is 6.54 Å². The van der Waals surface area contributed by atoms with Crippen molar-refractivity contribution >= 4 is 0 Å². The molecule has 1 aromatic rings. The minimum atomic E-state index is 0.0886. The van der Waals surface area contributed by atoms with Crippen LogP contribution in [0, 0.1) is 0 Å². The van der Waals surface area contributed by atoms with Crippen LogP contribution in [-0.4, -0.2) is 18.7 Å². The summed E-state index contributed by atoms with van der Waals surface area (Å²) in [5.74, 6) is 0.934. The van der Waals surface area contributed by atoms with Gasteiger partial charge < -0.3 is 15.8 Å². The van der Waals surface area contributed by atoms with Crippen molar-refractivity contribution in [1.29, 1.82) is 0 Å². The van der Waals surface area contributed by atoms with E-state index in [9.17, 15) is 0 Å². The van der Waals surface area contributed by atoms with Crippen LogP contribution in [0.15, 0.2) is 24.3 Å². The van der Waals surface area contributed by atoms with Crippen LogP contribution in [0.4, 0.5) is 0 Å². The second-order valence-electron chi connectivity index (χ2n) is 4.54. The van der Waals surface area contributed by atoms with Gasteiger partial charge in [0.2, 0.25) is 0 Å². The smallest absolute Gasteiger partial charge is 0.119 e. The predicted octanol–water partition coefficient (Wildman–Crippen LogP) is 1.67. The van der Waals surface area contributed by atoms with Crippen molar-refractivity contribution in [3.8, 4) is 5.75 Å². The van der Waals surface area contributed by atoms with Gasteiger partial charge in [-0.25, -0.2) is 0 Å². The predicted molar refractivity (Wildman–Crippen MR) is 65.5 cm³/mol. The molecule has 1 aliphatic carbocycles. The molecule has 1 saturated carbocycles. The lowest BCUT2D eigenvalue weighted by atomic mass is 10.2. The standard InChI is InChI=1S/C13H20N2O/c1-2-16-12-5-3-11(4-6-12)9-15-10-13(14)7-8-13/h3-6,15H,2,7-10,14H2,1H3. The molecule has 16 heavy (non-hydrogen) atoms. The van der Waals surface area contributed by atoms with E-state index in [-0.39, 0.29) is 5.54 Å². The first kappa shape index (κ1) is 11.4. The summed E-state index contributed by atoms with van der Waals surface area (Å²) >= 11 is 0. The van der Waals surface area contributed by atoms with Gasteiger partial charge in [-0.05, 0) is 37.5 Å². The number of benzene rings is 1. The molecule has 0 heterocycles. The molecule has 0 unspecified atom stereocenters. The van der Waals surface area contributed by atoms with Crippen LogP contribution < -0.4 is 15.8 Å². The van der Waals surface area contributed by atoms with Crippen LogP contribution in [0.5, 0.6) is 5.75 Å². The molecule has 0 spiro atoms. The molecule has 1 aromatic carbocycles. The van der Waals surface area contributed by atoms with Crippen molar-refractivity contribution in [3.05, 3.63) is 29.8 Å². The van der Waals surface area contributed by atoms with E-state index in [1.54, 1.807) is 0 Å². The molecule has 0 radical (unpaired) electrons. The lowest BCUT2D eigenvalue weighted by molar-refractivity contribution is 0.340. The molecular formula is C13H20N2O. The molecule has 0 aliphatic heterocycles. The molecule has 0 amide bonds. The fourth-order valence-electron chi connectivity index (χ4n) is 1.66. The van der Waals surface area contributed by atoms with E-state index in [2.05, 4.69) is 17.4 Å². The number of nitrogens with one attached hydrogen (secondary N) is 1. The van der Waals surface area contributed by atoms with Crippen molar-refractivity contribution in [2.45, 2.75) is 31.8 Å². The quantitative estimate of drug-likeness (QED) is 0.766. The highest BCUT2D eigenvalue weighted by atomic mass is 16.5. The highest BCUT2D eigenvalue weighted by Crippen LogP contribution is 2.31. The van der Waals surface area contributed by atoms with E-state index < -0.39 is 0 Å². The lowest BCUT2D eigenvalue weighted by Crippen LogP contribution is -2.35. The van der Waals surface area contributed by atoms with Crippen molar-refractivity contribution in [3.63, 3.8) is 0 Å². The van der Waals surface area contributed by atoms with Crippen molar-refractivity contribution in [2.75, 3.05) is 13.2 Å². The second-order valence-corrected chi connectivity index (χ2v) is 4.54. The summed E-state index contributed by atoms with van der Waals surface area (Å²) in [6, 6.07) is 8.20. The normalized spacial score (nSPS) is 17.1. The third-order valence-corrected chi connectivity index (χ3v) is 2.93. The van der Waals surface area contributed by atoms with Crippen molar-refractivity contribution in [2.24, 2.45) is 5.73 Å². The number of hydrogen-bond donors (Lipinski definition) is 2. The lowest BCUT2D eigenvalue weighted by Gasteiger charge is -2.10. The Morgan fingerprint density at radius 2 is 2.00 bits per heavy atom. The van der Waals surface area contributed by atoms with E-state index in [1.165, 1.54) is 5.56 Å². The summed E-state index contributed by atoms with van der Waals surface area (Å²) in [4.78, 5) is 0. The minimum Gasteiger partial charge on any atom is -0.494 e. The van der Waals surface area contributed by atoms with Crippen LogP contribution in [0.2, 0.25) is 0 Å². The van der Waals surface area contributed by atoms with Crippen LogP contribution >= 0.6 is 0 Å². The van der Waals surface area contributed by atoms with Crippen LogP contribution in [0.3, 0.4) is 0 Å². The van der Waals surface area contributed by atoms with Crippen molar-refractivity contribution in [1.82, 2.24) is 5.32 Å². The highest BCUT2D eigenvalue weighted by Gasteiger charge is 2.37. The van der Waals surface area contributed by atoms with Gasteiger partial charge in [0.25, 0.3) is 0 Å². The fraction of sp³-hybridized carbons (Fsp3) is 0.538. The first-order chi connectivity index (χ1) is 7.72. The summed E-state index contributed by atoms with van der Waals surface area (Å²) in [5, 5.41) is 3.39. The molecule has 1 fully saturated rings. The number of hydrogen-bond acceptors (Lipinski definition) is 3. The maximum Gasteiger partial charge on any atom is 0.119 e. The molecule has 0 aromatic heterocycles. The molecule has 0 saturated heterocycles. The van der Waals surface area contributed by atoms with Gasteiger partial charge in [-0.3, -0.25) is 0 Å². The Morgan fingerprint density at radius 1 is 1.31 bits per heavy atom. The van der Waals surface area contributed by atoms with Crippen molar-refractivity contribution < 1.29 is 4.74 Å². The largest absolute Gasteiger partial charge is 0.494 e. The Labute approximate surface area is 97.0 Å². The topological polar surface area (TPSA) is 47.3 Å². The van der Waals surface area contributed by atoms with E-state index in [4.69, 9.17) is 10.5 Å². The minimum absolute atomic E-state index is 0.0886. The Bertz CT molecular complexity index is 330. The average Bonchev–Trinajstić information content (AvgIpc) is 3.00. The van der Waals surface area contributed by atoms with Gasteiger partial charge in [0.1, 0.15) is 5.75 Å². The summed E-state index contributed by atoms with van der Waals surface area (Å²) in [7, 11) is 0. The Morgan fingerprint density at radius 3 is 2.56 bits per heavy atom. The summed E-state index contributed by atoms with van der Waals surface area (Å²) in [6.07, 6.45) is 2.31. The third-order valence-electron chi connectivity index (χ3n) is 2.93. The summed E-state index contributed by atoms with van der Waals surface area (Å²) in [6.45, 7) is 4.50. The van der Waals surface area contributed by atoms with E-state index in [0.717, 1.165) is 31.7 Å². The maximum absolute atomic E-state index is 5.99. The molecule has 2 rings (SSSR count). The Hall–Kier alpha value is -1.06. The van der Waals surface area contributed by atoms with Gasteiger partial charge in [-0.1, -0.05) is 12.1 Å². The zero-order chi connectivity index (χ0) is 11.4. The molecule has 0 bridgehead atoms. The molecule has 88 valence electrons. The zero-order valence-corrected chi connectivity index (χ0v) is 9.83. The molecule has 1 aliphatic rings. The van der Waals surface area contributed by atoms with Gasteiger partial charge >= 0.3 is 0 Å².